The molecule has 1 amide bonds. The molecule has 1 saturated heterocycles. The predicted octanol–water partition coefficient (Wildman–Crippen LogP) is 2.17. The van der Waals surface area contributed by atoms with Crippen LogP contribution in [0.4, 0.5) is 0 Å². The second kappa shape index (κ2) is 7.43. The Hall–Kier alpha value is -1.01. The molecular weight excluding hydrogens is 224 g/mol. The highest BCUT2D eigenvalue weighted by atomic mass is 16.1. The fraction of sp³-hybridized carbons (Fsp3) is 0.800. The number of rotatable bonds is 4. The molecule has 18 heavy (non-hydrogen) atoms. The van der Waals surface area contributed by atoms with Crippen molar-refractivity contribution in [2.24, 2.45) is 0 Å². The molecule has 102 valence electrons. The zero-order valence-electron chi connectivity index (χ0n) is 11.8. The van der Waals surface area contributed by atoms with Gasteiger partial charge in [0.05, 0.1) is 5.54 Å². The van der Waals surface area contributed by atoms with Crippen LogP contribution in [0.2, 0.25) is 0 Å². The lowest BCUT2D eigenvalue weighted by Crippen LogP contribution is -2.43. The van der Waals surface area contributed by atoms with Crippen LogP contribution in [0.25, 0.3) is 0 Å². The minimum absolute atomic E-state index is 0.0556. The number of hydrogen-bond acceptors (Lipinski definition) is 2. The molecule has 0 aliphatic carbocycles. The van der Waals surface area contributed by atoms with Gasteiger partial charge in [0.25, 0.3) is 0 Å². The van der Waals surface area contributed by atoms with Gasteiger partial charge in [-0.25, -0.2) is 0 Å². The van der Waals surface area contributed by atoms with E-state index >= 15 is 0 Å². The van der Waals surface area contributed by atoms with Gasteiger partial charge in [0.1, 0.15) is 0 Å². The topological polar surface area (TPSA) is 32.3 Å². The van der Waals surface area contributed by atoms with Crippen LogP contribution >= 0.6 is 0 Å². The van der Waals surface area contributed by atoms with Crippen molar-refractivity contribution in [2.75, 3.05) is 19.6 Å². The van der Waals surface area contributed by atoms with Gasteiger partial charge in [-0.3, -0.25) is 4.79 Å². The summed E-state index contributed by atoms with van der Waals surface area (Å²) in [4.78, 5) is 14.2. The summed E-state index contributed by atoms with van der Waals surface area (Å²) >= 11 is 0. The van der Waals surface area contributed by atoms with E-state index in [0.29, 0.717) is 6.42 Å². The highest BCUT2D eigenvalue weighted by Gasteiger charge is 2.17. The Morgan fingerprint density at radius 3 is 2.33 bits per heavy atom. The summed E-state index contributed by atoms with van der Waals surface area (Å²) in [7, 11) is 0. The lowest BCUT2D eigenvalue weighted by Gasteiger charge is -2.25. The molecule has 1 fully saturated rings. The number of carbonyl (C=O) groups is 1. The van der Waals surface area contributed by atoms with Crippen LogP contribution in [-0.4, -0.2) is 36.0 Å². The quantitative estimate of drug-likeness (QED) is 0.776. The molecule has 0 unspecified atom stereocenters. The first kappa shape index (κ1) is 15.0. The third-order valence-electron chi connectivity index (χ3n) is 3.42. The Labute approximate surface area is 111 Å². The average molecular weight is 250 g/mol. The SMILES string of the molecule is C#CC(C)(C)NC(=O)CCN1CCCCCCC1. The third-order valence-corrected chi connectivity index (χ3v) is 3.42. The molecule has 1 rings (SSSR count). The zero-order valence-corrected chi connectivity index (χ0v) is 11.8. The molecule has 0 aromatic heterocycles. The van der Waals surface area contributed by atoms with Crippen molar-refractivity contribution in [3.63, 3.8) is 0 Å². The van der Waals surface area contributed by atoms with Crippen molar-refractivity contribution in [3.05, 3.63) is 0 Å². The van der Waals surface area contributed by atoms with E-state index in [1.807, 2.05) is 13.8 Å². The van der Waals surface area contributed by atoms with Gasteiger partial charge in [0, 0.05) is 13.0 Å². The number of nitrogens with one attached hydrogen (secondary N) is 1. The lowest BCUT2D eigenvalue weighted by atomic mass is 10.1. The molecule has 1 aliphatic heterocycles. The van der Waals surface area contributed by atoms with E-state index in [1.165, 1.54) is 32.1 Å². The number of terminal acetylenes is 1. The van der Waals surface area contributed by atoms with Gasteiger partial charge in [0.15, 0.2) is 0 Å². The predicted molar refractivity (Wildman–Crippen MR) is 75.2 cm³/mol. The summed E-state index contributed by atoms with van der Waals surface area (Å²) in [5, 5.41) is 2.87. The van der Waals surface area contributed by atoms with E-state index in [2.05, 4.69) is 16.1 Å². The first-order chi connectivity index (χ1) is 8.53. The van der Waals surface area contributed by atoms with Crippen LogP contribution in [0, 0.1) is 12.3 Å². The molecule has 3 heteroatoms. The molecule has 0 saturated carbocycles. The summed E-state index contributed by atoms with van der Waals surface area (Å²) in [6.45, 7) is 6.81. The fourth-order valence-electron chi connectivity index (χ4n) is 2.24. The van der Waals surface area contributed by atoms with E-state index in [9.17, 15) is 4.79 Å². The van der Waals surface area contributed by atoms with E-state index in [4.69, 9.17) is 6.42 Å². The minimum Gasteiger partial charge on any atom is -0.340 e. The molecule has 3 nitrogen and oxygen atoms in total. The summed E-state index contributed by atoms with van der Waals surface area (Å²) < 4.78 is 0. The Kier molecular flexibility index (Phi) is 6.21. The van der Waals surface area contributed by atoms with Crippen LogP contribution in [0.15, 0.2) is 0 Å². The molecule has 0 aromatic carbocycles. The molecule has 1 heterocycles. The van der Waals surface area contributed by atoms with Crippen LogP contribution in [0.1, 0.15) is 52.4 Å². The Bertz CT molecular complexity index is 296. The van der Waals surface area contributed by atoms with Gasteiger partial charge in [-0.1, -0.05) is 25.2 Å². The maximum atomic E-state index is 11.8. The highest BCUT2D eigenvalue weighted by molar-refractivity contribution is 5.77. The number of carbonyl (C=O) groups excluding carboxylic acids is 1. The fourth-order valence-corrected chi connectivity index (χ4v) is 2.24. The summed E-state index contributed by atoms with van der Waals surface area (Å²) in [6.07, 6.45) is 12.4. The molecule has 0 atom stereocenters. The van der Waals surface area contributed by atoms with Crippen molar-refractivity contribution in [3.8, 4) is 12.3 Å². The average Bonchev–Trinajstić information content (AvgIpc) is 2.27. The standard InChI is InChI=1S/C15H26N2O/c1-4-15(2,3)16-14(18)10-13-17-11-8-6-5-7-9-12-17/h1H,5-13H2,2-3H3,(H,16,18). The van der Waals surface area contributed by atoms with Crippen LogP contribution in [-0.2, 0) is 4.79 Å². The van der Waals surface area contributed by atoms with Crippen LogP contribution in [0.3, 0.4) is 0 Å². The Morgan fingerprint density at radius 2 is 1.78 bits per heavy atom. The Morgan fingerprint density at radius 1 is 1.22 bits per heavy atom. The van der Waals surface area contributed by atoms with Crippen molar-refractivity contribution in [1.29, 1.82) is 0 Å². The number of nitrogens with zero attached hydrogens (tertiary/aromatic N) is 1. The monoisotopic (exact) mass is 250 g/mol. The summed E-state index contributed by atoms with van der Waals surface area (Å²) in [5.74, 6) is 2.64. The van der Waals surface area contributed by atoms with Gasteiger partial charge in [-0.05, 0) is 39.8 Å². The normalized spacial score (nSPS) is 18.5. The van der Waals surface area contributed by atoms with Gasteiger partial charge in [0.2, 0.25) is 5.91 Å². The second-order valence-corrected chi connectivity index (χ2v) is 5.68. The van der Waals surface area contributed by atoms with Crippen molar-refractivity contribution in [2.45, 2.75) is 57.9 Å². The van der Waals surface area contributed by atoms with Crippen molar-refractivity contribution in [1.82, 2.24) is 10.2 Å². The molecular formula is C15H26N2O. The smallest absolute Gasteiger partial charge is 0.222 e. The molecule has 0 aromatic rings. The number of amides is 1. The number of likely N-dealkylation sites (tertiary alicyclic amines) is 1. The first-order valence-electron chi connectivity index (χ1n) is 7.05. The van der Waals surface area contributed by atoms with E-state index in [1.54, 1.807) is 0 Å². The Balaban J connectivity index is 2.26. The summed E-state index contributed by atoms with van der Waals surface area (Å²) in [5.41, 5.74) is -0.534. The lowest BCUT2D eigenvalue weighted by molar-refractivity contribution is -0.122. The van der Waals surface area contributed by atoms with Crippen LogP contribution < -0.4 is 5.32 Å². The van der Waals surface area contributed by atoms with E-state index < -0.39 is 5.54 Å². The molecule has 0 bridgehead atoms. The summed E-state index contributed by atoms with van der Waals surface area (Å²) in [6, 6.07) is 0. The maximum absolute atomic E-state index is 11.8. The molecule has 1 N–H and O–H groups in total. The van der Waals surface area contributed by atoms with Gasteiger partial charge >= 0.3 is 0 Å². The van der Waals surface area contributed by atoms with E-state index in [0.717, 1.165) is 19.6 Å². The van der Waals surface area contributed by atoms with Gasteiger partial charge in [-0.15, -0.1) is 6.42 Å². The number of hydrogen-bond donors (Lipinski definition) is 1. The first-order valence-corrected chi connectivity index (χ1v) is 7.05. The van der Waals surface area contributed by atoms with Gasteiger partial charge < -0.3 is 10.2 Å². The maximum Gasteiger partial charge on any atom is 0.222 e. The molecule has 0 radical (unpaired) electrons. The highest BCUT2D eigenvalue weighted by Crippen LogP contribution is 2.10. The van der Waals surface area contributed by atoms with Crippen molar-refractivity contribution < 1.29 is 4.79 Å². The van der Waals surface area contributed by atoms with Crippen LogP contribution in [0.5, 0.6) is 0 Å². The third kappa shape index (κ3) is 6.07. The molecule has 1 aliphatic rings. The minimum atomic E-state index is -0.534. The second-order valence-electron chi connectivity index (χ2n) is 5.68. The zero-order chi connectivity index (χ0) is 13.4. The molecule has 0 spiro atoms. The van der Waals surface area contributed by atoms with Crippen molar-refractivity contribution >= 4 is 5.91 Å². The van der Waals surface area contributed by atoms with E-state index in [-0.39, 0.29) is 5.91 Å². The largest absolute Gasteiger partial charge is 0.340 e. The van der Waals surface area contributed by atoms with Gasteiger partial charge in [-0.2, -0.15) is 0 Å².